The minimum atomic E-state index is -0.480. The van der Waals surface area contributed by atoms with Crippen molar-refractivity contribution in [1.82, 2.24) is 9.47 Å². The van der Waals surface area contributed by atoms with Crippen LogP contribution in [-0.2, 0) is 16.1 Å². The molecule has 1 aliphatic rings. The standard InChI is InChI=1S/C19H24ClN3O3S/c1-19(2,3)26-18(25)22-8-6-13(7-9-22)11-23-15-5-4-14(20)10-16(15)27-17(23)21-12-24/h4-5,10,12-13H,6-9,11H2,1-3H3. The molecule has 1 fully saturated rings. The number of piperidine rings is 1. The van der Waals surface area contributed by atoms with Gasteiger partial charge in [0, 0.05) is 24.7 Å². The molecule has 0 bridgehead atoms. The lowest BCUT2D eigenvalue weighted by Gasteiger charge is -2.33. The Hall–Kier alpha value is -1.86. The quantitative estimate of drug-likeness (QED) is 0.718. The molecular formula is C19H24ClN3O3S. The molecule has 0 radical (unpaired) electrons. The number of halogens is 1. The first-order valence-electron chi connectivity index (χ1n) is 9.01. The van der Waals surface area contributed by atoms with Gasteiger partial charge in [0.15, 0.2) is 4.80 Å². The van der Waals surface area contributed by atoms with Crippen molar-refractivity contribution in [1.29, 1.82) is 0 Å². The number of thiazole rings is 1. The Morgan fingerprint density at radius 1 is 1.37 bits per heavy atom. The molecule has 0 N–H and O–H groups in total. The van der Waals surface area contributed by atoms with E-state index in [-0.39, 0.29) is 6.09 Å². The van der Waals surface area contributed by atoms with Crippen molar-refractivity contribution >= 4 is 45.7 Å². The van der Waals surface area contributed by atoms with Gasteiger partial charge in [-0.05, 0) is 57.7 Å². The zero-order valence-electron chi connectivity index (χ0n) is 15.8. The molecule has 6 nitrogen and oxygen atoms in total. The van der Waals surface area contributed by atoms with Gasteiger partial charge < -0.3 is 14.2 Å². The first kappa shape index (κ1) is 19.9. The van der Waals surface area contributed by atoms with Gasteiger partial charge >= 0.3 is 6.09 Å². The third-order valence-electron chi connectivity index (χ3n) is 4.51. The highest BCUT2D eigenvalue weighted by Crippen LogP contribution is 2.26. The molecule has 146 valence electrons. The first-order valence-corrected chi connectivity index (χ1v) is 10.2. The van der Waals surface area contributed by atoms with E-state index in [4.69, 9.17) is 16.3 Å². The Balaban J connectivity index is 1.72. The monoisotopic (exact) mass is 409 g/mol. The predicted octanol–water partition coefficient (Wildman–Crippen LogP) is 4.06. The lowest BCUT2D eigenvalue weighted by Crippen LogP contribution is -2.42. The van der Waals surface area contributed by atoms with E-state index in [9.17, 15) is 9.59 Å². The molecule has 0 saturated carbocycles. The second-order valence-electron chi connectivity index (χ2n) is 7.75. The fourth-order valence-corrected chi connectivity index (χ4v) is 4.53. The zero-order chi connectivity index (χ0) is 19.6. The molecule has 1 aromatic carbocycles. The summed E-state index contributed by atoms with van der Waals surface area (Å²) in [6.45, 7) is 7.74. The van der Waals surface area contributed by atoms with Gasteiger partial charge in [0.2, 0.25) is 6.41 Å². The van der Waals surface area contributed by atoms with Crippen molar-refractivity contribution in [3.63, 3.8) is 0 Å². The number of rotatable bonds is 3. The number of hydrogen-bond donors (Lipinski definition) is 0. The van der Waals surface area contributed by atoms with Crippen LogP contribution in [0.5, 0.6) is 0 Å². The van der Waals surface area contributed by atoms with E-state index >= 15 is 0 Å². The summed E-state index contributed by atoms with van der Waals surface area (Å²) in [5.41, 5.74) is 0.547. The average Bonchev–Trinajstić information content (AvgIpc) is 2.91. The highest BCUT2D eigenvalue weighted by Gasteiger charge is 2.27. The van der Waals surface area contributed by atoms with Gasteiger partial charge in [-0.2, -0.15) is 4.99 Å². The van der Waals surface area contributed by atoms with Crippen molar-refractivity contribution < 1.29 is 14.3 Å². The normalized spacial score (nSPS) is 16.7. The highest BCUT2D eigenvalue weighted by molar-refractivity contribution is 7.16. The molecule has 0 aliphatic carbocycles. The molecule has 1 aliphatic heterocycles. The van der Waals surface area contributed by atoms with E-state index in [1.165, 1.54) is 11.3 Å². The maximum Gasteiger partial charge on any atom is 0.410 e. The number of carbonyl (C=O) groups excluding carboxylic acids is 2. The van der Waals surface area contributed by atoms with Crippen LogP contribution < -0.4 is 4.80 Å². The van der Waals surface area contributed by atoms with Crippen molar-refractivity contribution in [2.45, 2.75) is 45.8 Å². The molecule has 0 spiro atoms. The van der Waals surface area contributed by atoms with E-state index in [1.807, 2.05) is 39.0 Å². The van der Waals surface area contributed by atoms with E-state index in [0.29, 0.717) is 35.2 Å². The van der Waals surface area contributed by atoms with Gasteiger partial charge in [0.25, 0.3) is 0 Å². The number of ether oxygens (including phenoxy) is 1. The van der Waals surface area contributed by atoms with Crippen LogP contribution >= 0.6 is 22.9 Å². The van der Waals surface area contributed by atoms with Crippen molar-refractivity contribution in [2.75, 3.05) is 13.1 Å². The lowest BCUT2D eigenvalue weighted by molar-refractivity contribution is -0.107. The SMILES string of the molecule is CC(C)(C)OC(=O)N1CCC(Cn2c(=NC=O)sc3cc(Cl)ccc32)CC1. The summed E-state index contributed by atoms with van der Waals surface area (Å²) in [6.07, 6.45) is 2.10. The molecule has 8 heteroatoms. The summed E-state index contributed by atoms with van der Waals surface area (Å²) in [5.74, 6) is 0.405. The fraction of sp³-hybridized carbons (Fsp3) is 0.526. The minimum Gasteiger partial charge on any atom is -0.444 e. The summed E-state index contributed by atoms with van der Waals surface area (Å²) < 4.78 is 8.55. The van der Waals surface area contributed by atoms with Crippen molar-refractivity contribution in [3.05, 3.63) is 28.0 Å². The number of aromatic nitrogens is 1. The molecule has 1 saturated heterocycles. The summed E-state index contributed by atoms with van der Waals surface area (Å²) in [7, 11) is 0. The van der Waals surface area contributed by atoms with E-state index in [1.54, 1.807) is 4.90 Å². The lowest BCUT2D eigenvalue weighted by atomic mass is 9.97. The largest absolute Gasteiger partial charge is 0.444 e. The van der Waals surface area contributed by atoms with Crippen LogP contribution in [0.4, 0.5) is 4.79 Å². The predicted molar refractivity (Wildman–Crippen MR) is 107 cm³/mol. The Bertz CT molecular complexity index is 905. The molecule has 1 aromatic heterocycles. The molecule has 2 amide bonds. The number of nitrogens with zero attached hydrogens (tertiary/aromatic N) is 3. The third-order valence-corrected chi connectivity index (χ3v) is 5.81. The second kappa shape index (κ2) is 8.02. The molecule has 0 unspecified atom stereocenters. The number of benzene rings is 1. The maximum atomic E-state index is 12.2. The van der Waals surface area contributed by atoms with Crippen LogP contribution in [-0.4, -0.2) is 40.7 Å². The molecule has 2 heterocycles. The van der Waals surface area contributed by atoms with Crippen molar-refractivity contribution in [3.8, 4) is 0 Å². The topological polar surface area (TPSA) is 63.9 Å². The Labute approximate surface area is 167 Å². The van der Waals surface area contributed by atoms with Crippen LogP contribution in [0.2, 0.25) is 5.02 Å². The van der Waals surface area contributed by atoms with Gasteiger partial charge in [-0.3, -0.25) is 4.79 Å². The molecule has 2 aromatic rings. The number of amides is 2. The zero-order valence-corrected chi connectivity index (χ0v) is 17.3. The van der Waals surface area contributed by atoms with Crippen molar-refractivity contribution in [2.24, 2.45) is 10.9 Å². The smallest absolute Gasteiger partial charge is 0.410 e. The molecule has 3 rings (SSSR count). The average molecular weight is 410 g/mol. The van der Waals surface area contributed by atoms with Crippen LogP contribution in [0.15, 0.2) is 23.2 Å². The van der Waals surface area contributed by atoms with Gasteiger partial charge in [0.05, 0.1) is 10.2 Å². The number of likely N-dealkylation sites (tertiary alicyclic amines) is 1. The molecular weight excluding hydrogens is 386 g/mol. The summed E-state index contributed by atoms with van der Waals surface area (Å²) in [4.78, 5) is 29.6. The summed E-state index contributed by atoms with van der Waals surface area (Å²) >= 11 is 7.55. The van der Waals surface area contributed by atoms with Gasteiger partial charge in [0.1, 0.15) is 5.60 Å². The summed E-state index contributed by atoms with van der Waals surface area (Å²) in [6, 6.07) is 5.71. The van der Waals surface area contributed by atoms with Crippen LogP contribution in [0.25, 0.3) is 10.2 Å². The summed E-state index contributed by atoms with van der Waals surface area (Å²) in [5, 5.41) is 0.666. The Kier molecular flexibility index (Phi) is 5.91. The Morgan fingerprint density at radius 2 is 2.07 bits per heavy atom. The number of hydrogen-bond acceptors (Lipinski definition) is 4. The van der Waals surface area contributed by atoms with Crippen LogP contribution in [0.1, 0.15) is 33.6 Å². The van der Waals surface area contributed by atoms with Gasteiger partial charge in [-0.25, -0.2) is 4.79 Å². The fourth-order valence-electron chi connectivity index (χ4n) is 3.25. The van der Waals surface area contributed by atoms with E-state index in [0.717, 1.165) is 29.6 Å². The molecule has 0 atom stereocenters. The number of carbonyl (C=O) groups is 2. The Morgan fingerprint density at radius 3 is 2.70 bits per heavy atom. The minimum absolute atomic E-state index is 0.249. The molecule has 27 heavy (non-hydrogen) atoms. The van der Waals surface area contributed by atoms with E-state index in [2.05, 4.69) is 9.56 Å². The number of fused-ring (bicyclic) bond motifs is 1. The first-order chi connectivity index (χ1) is 12.8. The second-order valence-corrected chi connectivity index (χ2v) is 9.20. The van der Waals surface area contributed by atoms with Gasteiger partial charge in [-0.1, -0.05) is 22.9 Å². The third kappa shape index (κ3) is 4.90. The maximum absolute atomic E-state index is 12.2. The van der Waals surface area contributed by atoms with Gasteiger partial charge in [-0.15, -0.1) is 0 Å². The van der Waals surface area contributed by atoms with E-state index < -0.39 is 5.60 Å². The highest BCUT2D eigenvalue weighted by atomic mass is 35.5. The van der Waals surface area contributed by atoms with Crippen LogP contribution in [0.3, 0.4) is 0 Å². The van der Waals surface area contributed by atoms with Crippen LogP contribution in [0, 0.1) is 5.92 Å².